The third-order valence-corrected chi connectivity index (χ3v) is 4.77. The van der Waals surface area contributed by atoms with Crippen molar-refractivity contribution < 1.29 is 15.0 Å². The van der Waals surface area contributed by atoms with Gasteiger partial charge in [0.1, 0.15) is 5.75 Å². The van der Waals surface area contributed by atoms with Gasteiger partial charge in [-0.3, -0.25) is 9.69 Å². The van der Waals surface area contributed by atoms with Gasteiger partial charge in [-0.15, -0.1) is 0 Å². The molecule has 1 aromatic carbocycles. The van der Waals surface area contributed by atoms with E-state index in [4.69, 9.17) is 5.11 Å². The Labute approximate surface area is 119 Å². The minimum absolute atomic E-state index is 0.255. The summed E-state index contributed by atoms with van der Waals surface area (Å²) in [7, 11) is 0. The third-order valence-electron chi connectivity index (χ3n) is 4.77. The number of hydrogen-bond donors (Lipinski definition) is 2. The average Bonchev–Trinajstić information content (AvgIpc) is 2.66. The Balaban J connectivity index is 1.80. The lowest BCUT2D eigenvalue weighted by Gasteiger charge is -2.43. The molecule has 2 atom stereocenters. The second kappa shape index (κ2) is 4.77. The van der Waals surface area contributed by atoms with E-state index in [0.717, 1.165) is 25.1 Å². The number of carbonyl (C=O) groups is 1. The van der Waals surface area contributed by atoms with Crippen molar-refractivity contribution in [2.45, 2.75) is 38.6 Å². The zero-order chi connectivity index (χ0) is 14.4. The van der Waals surface area contributed by atoms with Gasteiger partial charge in [-0.2, -0.15) is 0 Å². The first-order valence-corrected chi connectivity index (χ1v) is 7.25. The monoisotopic (exact) mass is 275 g/mol. The number of hydrogen-bond acceptors (Lipinski definition) is 3. The molecule has 1 aliphatic carbocycles. The van der Waals surface area contributed by atoms with Crippen LogP contribution in [0.5, 0.6) is 5.75 Å². The van der Waals surface area contributed by atoms with E-state index in [-0.39, 0.29) is 18.4 Å². The first-order valence-electron chi connectivity index (χ1n) is 7.25. The van der Waals surface area contributed by atoms with Crippen LogP contribution in [0.4, 0.5) is 0 Å². The van der Waals surface area contributed by atoms with Crippen LogP contribution in [0.2, 0.25) is 0 Å². The molecule has 4 heteroatoms. The van der Waals surface area contributed by atoms with Crippen LogP contribution in [0.1, 0.15) is 48.4 Å². The molecule has 0 saturated carbocycles. The number of carboxylic acids is 1. The normalized spacial score (nSPS) is 26.3. The van der Waals surface area contributed by atoms with Crippen molar-refractivity contribution in [2.24, 2.45) is 5.92 Å². The standard InChI is InChI=1S/C16H21NO3/c1-9-3-4-13(18)16-12(5-10(2)15(9)16)17-7-11(8-17)6-14(19)20/h3-4,10-12,18H,5-8H2,1-2H3,(H,19,20). The summed E-state index contributed by atoms with van der Waals surface area (Å²) in [6, 6.07) is 4.02. The van der Waals surface area contributed by atoms with Gasteiger partial charge >= 0.3 is 5.97 Å². The van der Waals surface area contributed by atoms with Crippen LogP contribution in [-0.4, -0.2) is 34.2 Å². The first kappa shape index (κ1) is 13.4. The van der Waals surface area contributed by atoms with Crippen molar-refractivity contribution in [1.29, 1.82) is 0 Å². The number of nitrogens with zero attached hydrogens (tertiary/aromatic N) is 1. The van der Waals surface area contributed by atoms with Gasteiger partial charge in [-0.05, 0) is 42.4 Å². The number of benzene rings is 1. The van der Waals surface area contributed by atoms with Crippen molar-refractivity contribution >= 4 is 5.97 Å². The minimum atomic E-state index is -0.714. The van der Waals surface area contributed by atoms with Gasteiger partial charge in [0.25, 0.3) is 0 Å². The van der Waals surface area contributed by atoms with E-state index in [1.807, 2.05) is 6.07 Å². The van der Waals surface area contributed by atoms with Gasteiger partial charge in [0, 0.05) is 24.7 Å². The van der Waals surface area contributed by atoms with E-state index >= 15 is 0 Å². The highest BCUT2D eigenvalue weighted by atomic mass is 16.4. The quantitative estimate of drug-likeness (QED) is 0.890. The largest absolute Gasteiger partial charge is 0.508 e. The van der Waals surface area contributed by atoms with Gasteiger partial charge in [0.05, 0.1) is 6.42 Å². The predicted molar refractivity (Wildman–Crippen MR) is 75.9 cm³/mol. The van der Waals surface area contributed by atoms with Gasteiger partial charge in [0.15, 0.2) is 0 Å². The molecule has 108 valence electrons. The summed E-state index contributed by atoms with van der Waals surface area (Å²) in [6.07, 6.45) is 1.28. The Bertz CT molecular complexity index is 549. The van der Waals surface area contributed by atoms with Crippen LogP contribution in [0.15, 0.2) is 12.1 Å². The number of aromatic hydroxyl groups is 1. The van der Waals surface area contributed by atoms with Crippen LogP contribution in [0, 0.1) is 12.8 Å². The molecule has 20 heavy (non-hydrogen) atoms. The molecule has 2 unspecified atom stereocenters. The van der Waals surface area contributed by atoms with E-state index < -0.39 is 5.97 Å². The summed E-state index contributed by atoms with van der Waals surface area (Å²) >= 11 is 0. The zero-order valence-electron chi connectivity index (χ0n) is 12.0. The van der Waals surface area contributed by atoms with Crippen LogP contribution in [0.25, 0.3) is 0 Å². The van der Waals surface area contributed by atoms with E-state index in [9.17, 15) is 9.90 Å². The molecule has 3 rings (SSSR count). The van der Waals surface area contributed by atoms with E-state index in [2.05, 4.69) is 18.7 Å². The molecule has 0 radical (unpaired) electrons. The number of phenolic OH excluding ortho intramolecular Hbond substituents is 1. The highest BCUT2D eigenvalue weighted by molar-refractivity contribution is 5.67. The summed E-state index contributed by atoms with van der Waals surface area (Å²) in [5.41, 5.74) is 3.61. The van der Waals surface area contributed by atoms with Crippen molar-refractivity contribution in [2.75, 3.05) is 13.1 Å². The van der Waals surface area contributed by atoms with Crippen LogP contribution < -0.4 is 0 Å². The average molecular weight is 275 g/mol. The Morgan fingerprint density at radius 2 is 2.05 bits per heavy atom. The first-order chi connectivity index (χ1) is 9.47. The van der Waals surface area contributed by atoms with Crippen LogP contribution in [0.3, 0.4) is 0 Å². The topological polar surface area (TPSA) is 60.8 Å². The van der Waals surface area contributed by atoms with E-state index in [1.54, 1.807) is 6.07 Å². The molecule has 2 aliphatic rings. The summed E-state index contributed by atoms with van der Waals surface area (Å²) in [4.78, 5) is 13.0. The third kappa shape index (κ3) is 2.08. The fraction of sp³-hybridized carbons (Fsp3) is 0.562. The van der Waals surface area contributed by atoms with Gasteiger partial charge in [-0.25, -0.2) is 0 Å². The second-order valence-electron chi connectivity index (χ2n) is 6.30. The molecular weight excluding hydrogens is 254 g/mol. The highest BCUT2D eigenvalue weighted by Crippen LogP contribution is 2.50. The SMILES string of the molecule is Cc1ccc(O)c2c1C(C)CC2N1CC(CC(=O)O)C1. The van der Waals surface area contributed by atoms with Crippen molar-refractivity contribution in [3.8, 4) is 5.75 Å². The summed E-state index contributed by atoms with van der Waals surface area (Å²) in [5.74, 6) is 0.398. The zero-order valence-corrected chi connectivity index (χ0v) is 12.0. The number of carboxylic acid groups (broad SMARTS) is 1. The molecule has 0 aromatic heterocycles. The minimum Gasteiger partial charge on any atom is -0.508 e. The fourth-order valence-corrected chi connectivity index (χ4v) is 3.88. The summed E-state index contributed by atoms with van der Waals surface area (Å²) < 4.78 is 0. The lowest BCUT2D eigenvalue weighted by atomic mass is 9.92. The summed E-state index contributed by atoms with van der Waals surface area (Å²) in [5, 5.41) is 19.0. The Kier molecular flexibility index (Phi) is 3.21. The maximum atomic E-state index is 10.7. The van der Waals surface area contributed by atoms with Gasteiger partial charge < -0.3 is 10.2 Å². The van der Waals surface area contributed by atoms with Crippen molar-refractivity contribution in [3.05, 3.63) is 28.8 Å². The smallest absolute Gasteiger partial charge is 0.303 e. The molecule has 1 saturated heterocycles. The number of aliphatic carboxylic acids is 1. The number of likely N-dealkylation sites (tertiary alicyclic amines) is 1. The number of rotatable bonds is 3. The molecule has 1 aromatic rings. The number of phenols is 1. The molecule has 1 heterocycles. The number of fused-ring (bicyclic) bond motifs is 1. The fourth-order valence-electron chi connectivity index (χ4n) is 3.88. The Morgan fingerprint density at radius 3 is 2.70 bits per heavy atom. The second-order valence-corrected chi connectivity index (χ2v) is 6.30. The van der Waals surface area contributed by atoms with Crippen molar-refractivity contribution in [3.63, 3.8) is 0 Å². The lowest BCUT2D eigenvalue weighted by molar-refractivity contribution is -0.139. The molecule has 1 aliphatic heterocycles. The van der Waals surface area contributed by atoms with Gasteiger partial charge in [0.2, 0.25) is 0 Å². The highest BCUT2D eigenvalue weighted by Gasteiger charge is 2.41. The molecule has 1 fully saturated rings. The molecular formula is C16H21NO3. The Hall–Kier alpha value is -1.55. The van der Waals surface area contributed by atoms with Gasteiger partial charge in [-0.1, -0.05) is 13.0 Å². The molecule has 4 nitrogen and oxygen atoms in total. The summed E-state index contributed by atoms with van der Waals surface area (Å²) in [6.45, 7) is 5.97. The molecule has 2 N–H and O–H groups in total. The van der Waals surface area contributed by atoms with Crippen LogP contribution >= 0.6 is 0 Å². The molecule has 0 amide bonds. The maximum absolute atomic E-state index is 10.7. The van der Waals surface area contributed by atoms with Crippen molar-refractivity contribution in [1.82, 2.24) is 4.90 Å². The maximum Gasteiger partial charge on any atom is 0.303 e. The van der Waals surface area contributed by atoms with E-state index in [0.29, 0.717) is 11.7 Å². The Morgan fingerprint density at radius 1 is 1.35 bits per heavy atom. The molecule has 0 spiro atoms. The van der Waals surface area contributed by atoms with E-state index in [1.165, 1.54) is 11.1 Å². The lowest BCUT2D eigenvalue weighted by Crippen LogP contribution is -2.48. The number of aryl methyl sites for hydroxylation is 1. The van der Waals surface area contributed by atoms with Crippen LogP contribution in [-0.2, 0) is 4.79 Å². The predicted octanol–water partition coefficient (Wildman–Crippen LogP) is 2.66. The molecule has 0 bridgehead atoms.